The molecular weight excluding hydrogens is 388 g/mol. The lowest BCUT2D eigenvalue weighted by Gasteiger charge is -2.36. The number of benzene rings is 3. The second kappa shape index (κ2) is 9.68. The lowest BCUT2D eigenvalue weighted by atomic mass is 10.1. The molecule has 1 aliphatic rings. The van der Waals surface area contributed by atoms with Crippen LogP contribution in [0.25, 0.3) is 0 Å². The summed E-state index contributed by atoms with van der Waals surface area (Å²) in [6.45, 7) is 3.09. The lowest BCUT2D eigenvalue weighted by Crippen LogP contribution is -2.50. The van der Waals surface area contributed by atoms with E-state index in [0.29, 0.717) is 38.3 Å². The molecule has 0 spiro atoms. The van der Waals surface area contributed by atoms with Crippen LogP contribution < -0.4 is 15.0 Å². The van der Waals surface area contributed by atoms with E-state index in [-0.39, 0.29) is 6.03 Å². The van der Waals surface area contributed by atoms with Gasteiger partial charge in [0, 0.05) is 31.9 Å². The van der Waals surface area contributed by atoms with E-state index in [4.69, 9.17) is 4.74 Å². The number of carbonyl (C=O) groups excluding carboxylic acids is 1. The largest absolute Gasteiger partial charge is 0.489 e. The minimum atomic E-state index is -0.119. The summed E-state index contributed by atoms with van der Waals surface area (Å²) < 4.78 is 5.79. The molecule has 6 nitrogen and oxygen atoms in total. The maximum Gasteiger partial charge on any atom is 0.321 e. The van der Waals surface area contributed by atoms with Crippen LogP contribution in [0.1, 0.15) is 11.1 Å². The van der Waals surface area contributed by atoms with E-state index in [2.05, 4.69) is 16.3 Å². The number of nitrogens with one attached hydrogen (secondary N) is 1. The van der Waals surface area contributed by atoms with Crippen LogP contribution in [-0.2, 0) is 6.61 Å². The first-order valence-corrected chi connectivity index (χ1v) is 10.3. The molecule has 1 N–H and O–H groups in total. The highest BCUT2D eigenvalue weighted by atomic mass is 16.5. The first kappa shape index (κ1) is 20.3. The number of nitriles is 1. The fraction of sp³-hybridized carbons (Fsp3) is 0.200. The Labute approximate surface area is 182 Å². The van der Waals surface area contributed by atoms with Crippen LogP contribution in [0.2, 0.25) is 0 Å². The van der Waals surface area contributed by atoms with Gasteiger partial charge in [-0.15, -0.1) is 0 Å². The number of nitrogens with zero attached hydrogens (tertiary/aromatic N) is 3. The van der Waals surface area contributed by atoms with Crippen molar-refractivity contribution in [2.45, 2.75) is 6.61 Å². The topological polar surface area (TPSA) is 68.6 Å². The van der Waals surface area contributed by atoms with Gasteiger partial charge < -0.3 is 19.9 Å². The Morgan fingerprint density at radius 2 is 1.58 bits per heavy atom. The van der Waals surface area contributed by atoms with Crippen molar-refractivity contribution in [3.63, 3.8) is 0 Å². The van der Waals surface area contributed by atoms with Crippen molar-refractivity contribution in [3.8, 4) is 11.8 Å². The Morgan fingerprint density at radius 1 is 0.903 bits per heavy atom. The van der Waals surface area contributed by atoms with Crippen molar-refractivity contribution in [2.24, 2.45) is 0 Å². The highest BCUT2D eigenvalue weighted by Crippen LogP contribution is 2.22. The SMILES string of the molecule is N#Cc1ccccc1N1CCN(C(=O)Nc2ccc(OCc3ccccc3)cc2)CC1. The van der Waals surface area contributed by atoms with Gasteiger partial charge in [0.05, 0.1) is 11.3 Å². The van der Waals surface area contributed by atoms with Gasteiger partial charge in [-0.25, -0.2) is 4.79 Å². The van der Waals surface area contributed by atoms with Crippen LogP contribution in [0.5, 0.6) is 5.75 Å². The van der Waals surface area contributed by atoms with Crippen LogP contribution in [0.4, 0.5) is 16.2 Å². The van der Waals surface area contributed by atoms with Crippen LogP contribution in [0.15, 0.2) is 78.9 Å². The second-order valence-electron chi connectivity index (χ2n) is 7.33. The molecule has 1 heterocycles. The highest BCUT2D eigenvalue weighted by Gasteiger charge is 2.22. The maximum absolute atomic E-state index is 12.6. The molecule has 0 aliphatic carbocycles. The predicted octanol–water partition coefficient (Wildman–Crippen LogP) is 4.49. The van der Waals surface area contributed by atoms with Crippen molar-refractivity contribution >= 4 is 17.4 Å². The molecule has 1 aliphatic heterocycles. The van der Waals surface area contributed by atoms with Crippen molar-refractivity contribution in [1.29, 1.82) is 5.26 Å². The standard InChI is InChI=1S/C25H24N4O2/c26-18-21-8-4-5-9-24(21)28-14-16-29(17-15-28)25(30)27-22-10-12-23(13-11-22)31-19-20-6-2-1-3-7-20/h1-13H,14-17,19H2,(H,27,30). The van der Waals surface area contributed by atoms with E-state index in [1.807, 2.05) is 78.9 Å². The highest BCUT2D eigenvalue weighted by molar-refractivity contribution is 5.89. The number of rotatable bonds is 5. The zero-order valence-corrected chi connectivity index (χ0v) is 17.2. The van der Waals surface area contributed by atoms with E-state index in [1.165, 1.54) is 0 Å². The molecule has 0 saturated carbocycles. The van der Waals surface area contributed by atoms with Gasteiger partial charge in [-0.05, 0) is 42.0 Å². The van der Waals surface area contributed by atoms with E-state index >= 15 is 0 Å². The molecule has 0 unspecified atom stereocenters. The van der Waals surface area contributed by atoms with Gasteiger partial charge in [-0.1, -0.05) is 42.5 Å². The smallest absolute Gasteiger partial charge is 0.321 e. The summed E-state index contributed by atoms with van der Waals surface area (Å²) in [4.78, 5) is 16.6. The number of carbonyl (C=O) groups is 1. The average Bonchev–Trinajstić information content (AvgIpc) is 2.84. The van der Waals surface area contributed by atoms with Crippen molar-refractivity contribution in [3.05, 3.63) is 90.0 Å². The van der Waals surface area contributed by atoms with Gasteiger partial charge in [-0.2, -0.15) is 5.26 Å². The Bertz CT molecular complexity index is 1050. The zero-order chi connectivity index (χ0) is 21.5. The number of hydrogen-bond acceptors (Lipinski definition) is 4. The van der Waals surface area contributed by atoms with Gasteiger partial charge in [0.2, 0.25) is 0 Å². The second-order valence-corrected chi connectivity index (χ2v) is 7.33. The van der Waals surface area contributed by atoms with Gasteiger partial charge in [0.15, 0.2) is 0 Å². The average molecular weight is 412 g/mol. The minimum absolute atomic E-state index is 0.119. The van der Waals surface area contributed by atoms with Gasteiger partial charge in [-0.3, -0.25) is 0 Å². The molecule has 1 fully saturated rings. The van der Waals surface area contributed by atoms with E-state index in [0.717, 1.165) is 22.7 Å². The number of amides is 2. The molecule has 3 aromatic carbocycles. The molecule has 3 aromatic rings. The van der Waals surface area contributed by atoms with Crippen LogP contribution in [0, 0.1) is 11.3 Å². The molecule has 0 bridgehead atoms. The third-order valence-electron chi connectivity index (χ3n) is 5.29. The lowest BCUT2D eigenvalue weighted by molar-refractivity contribution is 0.208. The molecule has 0 radical (unpaired) electrons. The number of piperazine rings is 1. The van der Waals surface area contributed by atoms with E-state index < -0.39 is 0 Å². The molecule has 4 rings (SSSR count). The summed E-state index contributed by atoms with van der Waals surface area (Å²) in [7, 11) is 0. The Hall–Kier alpha value is -3.98. The van der Waals surface area contributed by atoms with E-state index in [9.17, 15) is 10.1 Å². The third kappa shape index (κ3) is 5.14. The van der Waals surface area contributed by atoms with Crippen LogP contribution in [0.3, 0.4) is 0 Å². The van der Waals surface area contributed by atoms with Crippen molar-refractivity contribution in [1.82, 2.24) is 4.90 Å². The molecule has 31 heavy (non-hydrogen) atoms. The van der Waals surface area contributed by atoms with Crippen LogP contribution >= 0.6 is 0 Å². The first-order chi connectivity index (χ1) is 15.2. The fourth-order valence-electron chi connectivity index (χ4n) is 3.57. The van der Waals surface area contributed by atoms with Gasteiger partial charge >= 0.3 is 6.03 Å². The summed E-state index contributed by atoms with van der Waals surface area (Å²) in [6, 6.07) is 27.1. The number of urea groups is 1. The van der Waals surface area contributed by atoms with Crippen molar-refractivity contribution in [2.75, 3.05) is 36.4 Å². The van der Waals surface area contributed by atoms with Crippen molar-refractivity contribution < 1.29 is 9.53 Å². The maximum atomic E-state index is 12.6. The number of para-hydroxylation sites is 1. The number of ether oxygens (including phenoxy) is 1. The first-order valence-electron chi connectivity index (χ1n) is 10.3. The summed E-state index contributed by atoms with van der Waals surface area (Å²) in [5.41, 5.74) is 3.43. The quantitative estimate of drug-likeness (QED) is 0.670. The third-order valence-corrected chi connectivity index (χ3v) is 5.29. The summed E-state index contributed by atoms with van der Waals surface area (Å²) in [5.74, 6) is 0.756. The van der Waals surface area contributed by atoms with E-state index in [1.54, 1.807) is 4.90 Å². The summed E-state index contributed by atoms with van der Waals surface area (Å²) in [6.07, 6.45) is 0. The predicted molar refractivity (Wildman–Crippen MR) is 121 cm³/mol. The van der Waals surface area contributed by atoms with Crippen LogP contribution in [-0.4, -0.2) is 37.1 Å². The monoisotopic (exact) mass is 412 g/mol. The summed E-state index contributed by atoms with van der Waals surface area (Å²) in [5, 5.41) is 12.3. The fourth-order valence-corrected chi connectivity index (χ4v) is 3.57. The molecule has 0 aromatic heterocycles. The molecular formula is C25H24N4O2. The Morgan fingerprint density at radius 3 is 2.29 bits per heavy atom. The number of hydrogen-bond donors (Lipinski definition) is 1. The Balaban J connectivity index is 1.27. The zero-order valence-electron chi connectivity index (χ0n) is 17.2. The molecule has 1 saturated heterocycles. The van der Waals surface area contributed by atoms with Gasteiger partial charge in [0.25, 0.3) is 0 Å². The Kier molecular flexibility index (Phi) is 6.34. The molecule has 2 amide bonds. The molecule has 0 atom stereocenters. The van der Waals surface area contributed by atoms with Gasteiger partial charge in [0.1, 0.15) is 18.4 Å². The summed E-state index contributed by atoms with van der Waals surface area (Å²) >= 11 is 0. The minimum Gasteiger partial charge on any atom is -0.489 e. The normalized spacial score (nSPS) is 13.4. The molecule has 156 valence electrons. The number of anilines is 2. The molecule has 6 heteroatoms.